The smallest absolute Gasteiger partial charge is 0.121 e. The number of ether oxygens (including phenoxy) is 2. The molecule has 136 valence electrons. The average molecular weight is 342 g/mol. The molecule has 0 bridgehead atoms. The molecule has 0 spiro atoms. The first-order chi connectivity index (χ1) is 12.2. The third-order valence-corrected chi connectivity index (χ3v) is 3.53. The summed E-state index contributed by atoms with van der Waals surface area (Å²) in [7, 11) is 0. The fourth-order valence-electron chi connectivity index (χ4n) is 2.26. The average Bonchev–Trinajstić information content (AvgIpc) is 2.63. The third kappa shape index (κ3) is 7.38. The molecule has 0 aromatic heterocycles. The lowest BCUT2D eigenvalue weighted by molar-refractivity contribution is 0.271. The zero-order chi connectivity index (χ0) is 17.9. The zero-order valence-electron chi connectivity index (χ0n) is 15.5. The Morgan fingerprint density at radius 1 is 0.840 bits per heavy atom. The molecule has 0 amide bonds. The highest BCUT2D eigenvalue weighted by molar-refractivity contribution is 5.49. The molecule has 2 aromatic rings. The van der Waals surface area contributed by atoms with Crippen LogP contribution in [-0.4, -0.2) is 26.3 Å². The van der Waals surface area contributed by atoms with E-state index >= 15 is 0 Å². The van der Waals surface area contributed by atoms with Crippen molar-refractivity contribution in [1.82, 2.24) is 0 Å². The molecule has 2 N–H and O–H groups in total. The summed E-state index contributed by atoms with van der Waals surface area (Å²) < 4.78 is 11.3. The highest BCUT2D eigenvalue weighted by Crippen LogP contribution is 2.18. The first-order valence-electron chi connectivity index (χ1n) is 9.11. The summed E-state index contributed by atoms with van der Waals surface area (Å²) in [4.78, 5) is 0. The second-order valence-electron chi connectivity index (χ2n) is 6.46. The van der Waals surface area contributed by atoms with E-state index in [4.69, 9.17) is 9.47 Å². The van der Waals surface area contributed by atoms with Crippen molar-refractivity contribution in [3.8, 4) is 11.5 Å². The Labute approximate surface area is 151 Å². The third-order valence-electron chi connectivity index (χ3n) is 3.53. The number of hydrogen-bond donors (Lipinski definition) is 2. The van der Waals surface area contributed by atoms with Gasteiger partial charge in [0.1, 0.15) is 11.5 Å². The van der Waals surface area contributed by atoms with Gasteiger partial charge in [-0.25, -0.2) is 0 Å². The summed E-state index contributed by atoms with van der Waals surface area (Å²) in [6.07, 6.45) is 1.02. The Morgan fingerprint density at radius 3 is 2.24 bits per heavy atom. The molecule has 0 atom stereocenters. The molecular weight excluding hydrogens is 312 g/mol. The van der Waals surface area contributed by atoms with Gasteiger partial charge in [-0.2, -0.15) is 0 Å². The van der Waals surface area contributed by atoms with Crippen LogP contribution in [0.4, 0.5) is 11.4 Å². The molecule has 0 aliphatic rings. The largest absolute Gasteiger partial charge is 0.494 e. The second-order valence-corrected chi connectivity index (χ2v) is 6.46. The van der Waals surface area contributed by atoms with Crippen molar-refractivity contribution in [3.63, 3.8) is 0 Å². The van der Waals surface area contributed by atoms with Crippen molar-refractivity contribution in [3.05, 3.63) is 48.5 Å². The van der Waals surface area contributed by atoms with Gasteiger partial charge in [-0.05, 0) is 48.7 Å². The normalized spacial score (nSPS) is 10.6. The van der Waals surface area contributed by atoms with Crippen LogP contribution in [0.3, 0.4) is 0 Å². The minimum atomic E-state index is 0.537. The van der Waals surface area contributed by atoms with Crippen molar-refractivity contribution in [2.24, 2.45) is 5.92 Å². The highest BCUT2D eigenvalue weighted by atomic mass is 16.5. The van der Waals surface area contributed by atoms with Gasteiger partial charge in [0, 0.05) is 30.5 Å². The highest BCUT2D eigenvalue weighted by Gasteiger charge is 1.99. The summed E-state index contributed by atoms with van der Waals surface area (Å²) in [5.74, 6) is 2.37. The SMILES string of the molecule is CCCOc1cccc(NCCNc2ccc(OCC(C)C)cc2)c1. The molecule has 0 saturated heterocycles. The fourth-order valence-corrected chi connectivity index (χ4v) is 2.26. The van der Waals surface area contributed by atoms with Crippen molar-refractivity contribution in [2.45, 2.75) is 27.2 Å². The van der Waals surface area contributed by atoms with Gasteiger partial charge >= 0.3 is 0 Å². The zero-order valence-corrected chi connectivity index (χ0v) is 15.5. The van der Waals surface area contributed by atoms with Crippen LogP contribution in [0.1, 0.15) is 27.2 Å². The lowest BCUT2D eigenvalue weighted by Gasteiger charge is -2.12. The Bertz CT molecular complexity index is 612. The predicted octanol–water partition coefficient (Wildman–Crippen LogP) is 5.03. The van der Waals surface area contributed by atoms with Crippen LogP contribution in [0.25, 0.3) is 0 Å². The van der Waals surface area contributed by atoms with Crippen molar-refractivity contribution in [1.29, 1.82) is 0 Å². The van der Waals surface area contributed by atoms with Gasteiger partial charge in [0.25, 0.3) is 0 Å². The second kappa shape index (κ2) is 10.5. The van der Waals surface area contributed by atoms with E-state index in [0.717, 1.165) is 55.6 Å². The number of hydrogen-bond acceptors (Lipinski definition) is 4. The summed E-state index contributed by atoms with van der Waals surface area (Å²) in [6, 6.07) is 16.2. The minimum Gasteiger partial charge on any atom is -0.494 e. The van der Waals surface area contributed by atoms with Crippen LogP contribution in [0, 0.1) is 5.92 Å². The molecular formula is C21H30N2O2. The first-order valence-corrected chi connectivity index (χ1v) is 9.11. The summed E-state index contributed by atoms with van der Waals surface area (Å²) in [6.45, 7) is 9.58. The molecule has 0 saturated carbocycles. The van der Waals surface area contributed by atoms with Crippen LogP contribution in [0.15, 0.2) is 48.5 Å². The Kier molecular flexibility index (Phi) is 7.96. The number of rotatable bonds is 11. The molecule has 25 heavy (non-hydrogen) atoms. The lowest BCUT2D eigenvalue weighted by Crippen LogP contribution is -2.13. The molecule has 0 radical (unpaired) electrons. The topological polar surface area (TPSA) is 42.5 Å². The van der Waals surface area contributed by atoms with Gasteiger partial charge in [0.05, 0.1) is 13.2 Å². The van der Waals surface area contributed by atoms with E-state index in [1.165, 1.54) is 0 Å². The van der Waals surface area contributed by atoms with Crippen molar-refractivity contribution in [2.75, 3.05) is 36.9 Å². The van der Waals surface area contributed by atoms with Gasteiger partial charge in [0.15, 0.2) is 0 Å². The number of nitrogens with one attached hydrogen (secondary N) is 2. The summed E-state index contributed by atoms with van der Waals surface area (Å²) in [5.41, 5.74) is 2.17. The standard InChI is InChI=1S/C21H30N2O2/c1-4-14-24-21-7-5-6-19(15-21)23-13-12-22-18-8-10-20(11-9-18)25-16-17(2)3/h5-11,15,17,22-23H,4,12-14,16H2,1-3H3. The van der Waals surface area contributed by atoms with Crippen LogP contribution >= 0.6 is 0 Å². The first kappa shape index (κ1) is 19.0. The molecule has 0 aliphatic carbocycles. The molecule has 0 aliphatic heterocycles. The Morgan fingerprint density at radius 2 is 1.56 bits per heavy atom. The number of benzene rings is 2. The van der Waals surface area contributed by atoms with Gasteiger partial charge in [-0.15, -0.1) is 0 Å². The molecule has 0 heterocycles. The van der Waals surface area contributed by atoms with E-state index < -0.39 is 0 Å². The van der Waals surface area contributed by atoms with Gasteiger partial charge in [-0.1, -0.05) is 26.8 Å². The minimum absolute atomic E-state index is 0.537. The molecule has 4 nitrogen and oxygen atoms in total. The maximum Gasteiger partial charge on any atom is 0.121 e. The maximum atomic E-state index is 5.69. The van der Waals surface area contributed by atoms with E-state index in [1.54, 1.807) is 0 Å². The van der Waals surface area contributed by atoms with Crippen molar-refractivity contribution >= 4 is 11.4 Å². The van der Waals surface area contributed by atoms with Gasteiger partial charge in [-0.3, -0.25) is 0 Å². The predicted molar refractivity (Wildman–Crippen MR) is 106 cm³/mol. The van der Waals surface area contributed by atoms with E-state index in [1.807, 2.05) is 30.3 Å². The Hall–Kier alpha value is -2.36. The maximum absolute atomic E-state index is 5.69. The summed E-state index contributed by atoms with van der Waals surface area (Å²) in [5, 5.41) is 6.82. The fraction of sp³-hybridized carbons (Fsp3) is 0.429. The molecule has 0 fully saturated rings. The number of anilines is 2. The molecule has 2 aromatic carbocycles. The van der Waals surface area contributed by atoms with E-state index in [2.05, 4.69) is 49.6 Å². The van der Waals surface area contributed by atoms with E-state index in [9.17, 15) is 0 Å². The molecule has 0 unspecified atom stereocenters. The van der Waals surface area contributed by atoms with Crippen molar-refractivity contribution < 1.29 is 9.47 Å². The molecule has 2 rings (SSSR count). The van der Waals surface area contributed by atoms with Crippen LogP contribution in [-0.2, 0) is 0 Å². The van der Waals surface area contributed by atoms with E-state index in [-0.39, 0.29) is 0 Å². The lowest BCUT2D eigenvalue weighted by atomic mass is 10.2. The van der Waals surface area contributed by atoms with Gasteiger partial charge in [0.2, 0.25) is 0 Å². The Balaban J connectivity index is 1.70. The molecule has 4 heteroatoms. The van der Waals surface area contributed by atoms with E-state index in [0.29, 0.717) is 5.92 Å². The summed E-state index contributed by atoms with van der Waals surface area (Å²) >= 11 is 0. The van der Waals surface area contributed by atoms with Crippen LogP contribution < -0.4 is 20.1 Å². The van der Waals surface area contributed by atoms with Crippen LogP contribution in [0.5, 0.6) is 11.5 Å². The quantitative estimate of drug-likeness (QED) is 0.562. The van der Waals surface area contributed by atoms with Crippen LogP contribution in [0.2, 0.25) is 0 Å². The monoisotopic (exact) mass is 342 g/mol. The van der Waals surface area contributed by atoms with Gasteiger partial charge < -0.3 is 20.1 Å².